The van der Waals surface area contributed by atoms with Gasteiger partial charge in [0.1, 0.15) is 6.04 Å². The number of nitrogens with zero attached hydrogens (tertiary/aromatic N) is 3. The molecule has 0 N–H and O–H groups in total. The third-order valence-corrected chi connectivity index (χ3v) is 3.78. The Bertz CT molecular complexity index is 542. The van der Waals surface area contributed by atoms with Crippen LogP contribution in [0.5, 0.6) is 0 Å². The monoisotopic (exact) mass is 301 g/mol. The Hall–Kier alpha value is -2.17. The number of rotatable bonds is 7. The second-order valence-corrected chi connectivity index (χ2v) is 5.51. The number of imide groups is 1. The predicted octanol–water partition coefficient (Wildman–Crippen LogP) is 3.25. The number of unbranched alkanes of at least 4 members (excludes halogenated alkanes) is 3. The third kappa shape index (κ3) is 3.72. The van der Waals surface area contributed by atoms with Crippen molar-refractivity contribution in [1.82, 2.24) is 9.91 Å². The second-order valence-electron chi connectivity index (χ2n) is 5.51. The van der Waals surface area contributed by atoms with Crippen molar-refractivity contribution >= 4 is 18.2 Å². The number of urea groups is 1. The molecule has 1 aliphatic heterocycles. The molecule has 1 unspecified atom stereocenters. The summed E-state index contributed by atoms with van der Waals surface area (Å²) in [5, 5.41) is 5.47. The maximum atomic E-state index is 12.3. The zero-order chi connectivity index (χ0) is 15.9. The molecule has 1 heterocycles. The van der Waals surface area contributed by atoms with E-state index in [9.17, 15) is 9.59 Å². The van der Waals surface area contributed by atoms with Gasteiger partial charge in [0, 0.05) is 6.54 Å². The molecule has 118 valence electrons. The summed E-state index contributed by atoms with van der Waals surface area (Å²) in [6, 6.07) is 8.68. The van der Waals surface area contributed by atoms with Crippen molar-refractivity contribution in [3.8, 4) is 0 Å². The Balaban J connectivity index is 1.99. The number of carbonyl (C=O) groups is 2. The molecule has 2 rings (SSSR count). The number of hydrazone groups is 1. The van der Waals surface area contributed by atoms with E-state index >= 15 is 0 Å². The van der Waals surface area contributed by atoms with Crippen molar-refractivity contribution in [1.29, 1.82) is 0 Å². The van der Waals surface area contributed by atoms with Crippen LogP contribution in [0.25, 0.3) is 0 Å². The third-order valence-electron chi connectivity index (χ3n) is 3.78. The highest BCUT2D eigenvalue weighted by Crippen LogP contribution is 2.18. The summed E-state index contributed by atoms with van der Waals surface area (Å²) in [4.78, 5) is 25.8. The van der Waals surface area contributed by atoms with Crippen molar-refractivity contribution in [3.05, 3.63) is 35.9 Å². The quantitative estimate of drug-likeness (QED) is 0.441. The summed E-state index contributed by atoms with van der Waals surface area (Å²) in [7, 11) is 0. The van der Waals surface area contributed by atoms with Crippen LogP contribution < -0.4 is 0 Å². The van der Waals surface area contributed by atoms with E-state index in [0.717, 1.165) is 31.2 Å². The highest BCUT2D eigenvalue weighted by Gasteiger charge is 2.42. The largest absolute Gasteiger partial charge is 0.347 e. The van der Waals surface area contributed by atoms with Crippen LogP contribution >= 0.6 is 0 Å². The van der Waals surface area contributed by atoms with E-state index in [1.165, 1.54) is 9.91 Å². The molecule has 5 heteroatoms. The van der Waals surface area contributed by atoms with E-state index in [1.807, 2.05) is 30.3 Å². The minimum absolute atomic E-state index is 0.160. The normalized spacial score (nSPS) is 18.7. The first-order valence-corrected chi connectivity index (χ1v) is 7.88. The molecule has 0 saturated carbocycles. The molecule has 22 heavy (non-hydrogen) atoms. The summed E-state index contributed by atoms with van der Waals surface area (Å²) >= 11 is 0. The van der Waals surface area contributed by atoms with Crippen LogP contribution in [0.3, 0.4) is 0 Å². The van der Waals surface area contributed by atoms with Crippen molar-refractivity contribution in [2.45, 2.75) is 45.6 Å². The van der Waals surface area contributed by atoms with Gasteiger partial charge >= 0.3 is 6.03 Å². The van der Waals surface area contributed by atoms with Gasteiger partial charge in [0.25, 0.3) is 5.91 Å². The smallest absolute Gasteiger partial charge is 0.272 e. The molecule has 1 atom stereocenters. The van der Waals surface area contributed by atoms with E-state index < -0.39 is 6.04 Å². The van der Waals surface area contributed by atoms with Gasteiger partial charge in [0.05, 0.1) is 6.21 Å². The number of hydrogen-bond donors (Lipinski definition) is 0. The van der Waals surface area contributed by atoms with Gasteiger partial charge in [-0.1, -0.05) is 56.5 Å². The summed E-state index contributed by atoms with van der Waals surface area (Å²) < 4.78 is 0. The summed E-state index contributed by atoms with van der Waals surface area (Å²) in [6.07, 6.45) is 5.76. The van der Waals surface area contributed by atoms with Crippen LogP contribution in [0.4, 0.5) is 4.79 Å². The average Bonchev–Trinajstić information content (AvgIpc) is 2.74. The lowest BCUT2D eigenvalue weighted by atomic mass is 10.2. The average molecular weight is 301 g/mol. The predicted molar refractivity (Wildman–Crippen MR) is 86.6 cm³/mol. The highest BCUT2D eigenvalue weighted by atomic mass is 16.2. The van der Waals surface area contributed by atoms with Crippen LogP contribution in [-0.4, -0.2) is 40.6 Å². The molecule has 0 spiro atoms. The van der Waals surface area contributed by atoms with Gasteiger partial charge < -0.3 is 0 Å². The van der Waals surface area contributed by atoms with E-state index in [0.29, 0.717) is 6.54 Å². The number of benzene rings is 1. The number of hydrogen-bond acceptors (Lipinski definition) is 3. The van der Waals surface area contributed by atoms with Crippen LogP contribution in [0.15, 0.2) is 35.4 Å². The van der Waals surface area contributed by atoms with Gasteiger partial charge in [0.15, 0.2) is 0 Å². The molecule has 1 saturated heterocycles. The number of carbonyl (C=O) groups excluding carboxylic acids is 2. The van der Waals surface area contributed by atoms with Crippen LogP contribution in [0, 0.1) is 0 Å². The van der Waals surface area contributed by atoms with Gasteiger partial charge in [-0.3, -0.25) is 9.69 Å². The summed E-state index contributed by atoms with van der Waals surface area (Å²) in [6.45, 7) is 4.34. The fourth-order valence-electron chi connectivity index (χ4n) is 2.43. The Kier molecular flexibility index (Phi) is 5.69. The molecular formula is C17H23N3O2. The molecule has 0 aromatic heterocycles. The van der Waals surface area contributed by atoms with Gasteiger partial charge in [-0.05, 0) is 18.9 Å². The minimum atomic E-state index is -0.529. The molecule has 1 aromatic rings. The lowest BCUT2D eigenvalue weighted by molar-refractivity contribution is -0.127. The molecular weight excluding hydrogens is 278 g/mol. The van der Waals surface area contributed by atoms with Gasteiger partial charge in [-0.15, -0.1) is 0 Å². The lowest BCUT2D eigenvalue weighted by Gasteiger charge is -2.13. The first kappa shape index (κ1) is 16.2. The first-order valence-electron chi connectivity index (χ1n) is 7.88. The van der Waals surface area contributed by atoms with E-state index in [1.54, 1.807) is 13.1 Å². The molecule has 0 aliphatic carbocycles. The second kappa shape index (κ2) is 7.73. The minimum Gasteiger partial charge on any atom is -0.272 e. The molecule has 0 bridgehead atoms. The zero-order valence-corrected chi connectivity index (χ0v) is 13.2. The zero-order valence-electron chi connectivity index (χ0n) is 13.2. The Morgan fingerprint density at radius 1 is 1.14 bits per heavy atom. The molecule has 1 aliphatic rings. The molecule has 3 amide bonds. The van der Waals surface area contributed by atoms with Crippen molar-refractivity contribution in [3.63, 3.8) is 0 Å². The summed E-state index contributed by atoms with van der Waals surface area (Å²) in [5.74, 6) is -0.160. The Morgan fingerprint density at radius 2 is 1.86 bits per heavy atom. The highest BCUT2D eigenvalue weighted by molar-refractivity contribution is 6.04. The Morgan fingerprint density at radius 3 is 2.55 bits per heavy atom. The van der Waals surface area contributed by atoms with Crippen LogP contribution in [-0.2, 0) is 4.79 Å². The van der Waals surface area contributed by atoms with Crippen molar-refractivity contribution < 1.29 is 9.59 Å². The van der Waals surface area contributed by atoms with E-state index in [2.05, 4.69) is 12.0 Å². The van der Waals surface area contributed by atoms with Crippen molar-refractivity contribution in [2.75, 3.05) is 6.54 Å². The van der Waals surface area contributed by atoms with Crippen LogP contribution in [0.1, 0.15) is 45.1 Å². The standard InChI is InChI=1S/C17H23N3O2/c1-3-4-5-9-12-19-16(21)14(2)20(17(19)22)18-13-15-10-7-6-8-11-15/h6-8,10-11,13-14H,3-5,9,12H2,1-2H3/b18-13+. The van der Waals surface area contributed by atoms with Crippen LogP contribution in [0.2, 0.25) is 0 Å². The van der Waals surface area contributed by atoms with E-state index in [4.69, 9.17) is 0 Å². The van der Waals surface area contributed by atoms with Gasteiger partial charge in [0.2, 0.25) is 0 Å². The SMILES string of the molecule is CCCCCCN1C(=O)C(C)N(/N=C/c2ccccc2)C1=O. The maximum Gasteiger partial charge on any atom is 0.347 e. The fraction of sp³-hybridized carbons (Fsp3) is 0.471. The first-order chi connectivity index (χ1) is 10.6. The fourth-order valence-corrected chi connectivity index (χ4v) is 2.43. The molecule has 0 radical (unpaired) electrons. The topological polar surface area (TPSA) is 53.0 Å². The summed E-state index contributed by atoms with van der Waals surface area (Å²) in [5.41, 5.74) is 0.899. The number of amides is 3. The van der Waals surface area contributed by atoms with E-state index in [-0.39, 0.29) is 11.9 Å². The molecule has 5 nitrogen and oxygen atoms in total. The maximum absolute atomic E-state index is 12.3. The van der Waals surface area contributed by atoms with Crippen molar-refractivity contribution in [2.24, 2.45) is 5.10 Å². The Labute approximate surface area is 131 Å². The molecule has 1 fully saturated rings. The van der Waals surface area contributed by atoms with Gasteiger partial charge in [-0.25, -0.2) is 9.80 Å². The lowest BCUT2D eigenvalue weighted by Crippen LogP contribution is -2.32. The van der Waals surface area contributed by atoms with Gasteiger partial charge in [-0.2, -0.15) is 5.10 Å². The molecule has 1 aromatic carbocycles.